The van der Waals surface area contributed by atoms with Crippen LogP contribution in [-0.4, -0.2) is 26.9 Å². The lowest BCUT2D eigenvalue weighted by Gasteiger charge is -1.92. The highest BCUT2D eigenvalue weighted by molar-refractivity contribution is 5.75. The van der Waals surface area contributed by atoms with E-state index in [0.717, 1.165) is 0 Å². The maximum absolute atomic E-state index is 4.46. The molecule has 1 aliphatic rings. The van der Waals surface area contributed by atoms with E-state index in [2.05, 4.69) is 35.5 Å². The highest BCUT2D eigenvalue weighted by Gasteiger charge is 2.15. The molecule has 1 aliphatic heterocycles. The van der Waals surface area contributed by atoms with Crippen LogP contribution in [0.15, 0.2) is 4.63 Å². The van der Waals surface area contributed by atoms with Gasteiger partial charge in [-0.05, 0) is 10.3 Å². The number of fused-ring (bicyclic) bond motifs is 2. The minimum absolute atomic E-state index is 0.421. The maximum atomic E-state index is 4.46. The number of hydrogen-bond donors (Lipinski definition) is 2. The van der Waals surface area contributed by atoms with E-state index >= 15 is 0 Å². The summed E-state index contributed by atoms with van der Waals surface area (Å²) >= 11 is 0. The Balaban J connectivity index is 2.38. The summed E-state index contributed by atoms with van der Waals surface area (Å²) in [5.74, 6) is 1.39. The van der Waals surface area contributed by atoms with Crippen molar-refractivity contribution in [2.75, 3.05) is 17.3 Å². The van der Waals surface area contributed by atoms with E-state index in [1.165, 1.54) is 0 Å². The van der Waals surface area contributed by atoms with Gasteiger partial charge in [-0.1, -0.05) is 0 Å². The number of anilines is 2. The quantitative estimate of drug-likeness (QED) is 0.557. The first-order valence-electron chi connectivity index (χ1n) is 3.41. The third-order valence-corrected chi connectivity index (χ3v) is 1.63. The third-order valence-electron chi connectivity index (χ3n) is 1.63. The number of nitrogens with one attached hydrogen (secondary N) is 2. The van der Waals surface area contributed by atoms with Gasteiger partial charge >= 0.3 is 0 Å². The van der Waals surface area contributed by atoms with Gasteiger partial charge in [-0.3, -0.25) is 0 Å². The van der Waals surface area contributed by atoms with Crippen molar-refractivity contribution in [3.05, 3.63) is 0 Å². The number of aromatic nitrogens is 4. The van der Waals surface area contributed by atoms with E-state index in [1.54, 1.807) is 0 Å². The minimum atomic E-state index is 0.421. The van der Waals surface area contributed by atoms with E-state index in [0.29, 0.717) is 29.6 Å². The average molecular weight is 164 g/mol. The zero-order valence-corrected chi connectivity index (χ0v) is 5.90. The van der Waals surface area contributed by atoms with Crippen LogP contribution in [0.2, 0.25) is 0 Å². The molecule has 0 fully saturated rings. The van der Waals surface area contributed by atoms with Gasteiger partial charge in [-0.25, -0.2) is 14.6 Å². The van der Waals surface area contributed by atoms with Crippen LogP contribution in [0, 0.1) is 0 Å². The molecule has 60 valence electrons. The van der Waals surface area contributed by atoms with Crippen LogP contribution in [0.1, 0.15) is 0 Å². The van der Waals surface area contributed by atoms with Crippen LogP contribution < -0.4 is 10.6 Å². The molecule has 7 nitrogen and oxygen atoms in total. The summed E-state index contributed by atoms with van der Waals surface area (Å²) < 4.78 is 4.46. The fraction of sp³-hybridized carbons (Fsp3) is 0.200. The molecule has 12 heavy (non-hydrogen) atoms. The molecule has 0 saturated heterocycles. The van der Waals surface area contributed by atoms with Crippen molar-refractivity contribution in [2.45, 2.75) is 0 Å². The first kappa shape index (κ1) is 5.70. The summed E-state index contributed by atoms with van der Waals surface area (Å²) in [6, 6.07) is 0. The largest absolute Gasteiger partial charge is 0.350 e. The molecule has 2 aromatic rings. The Morgan fingerprint density at radius 1 is 1.00 bits per heavy atom. The molecule has 0 unspecified atom stereocenters. The number of rotatable bonds is 0. The summed E-state index contributed by atoms with van der Waals surface area (Å²) in [4.78, 5) is 8.22. The topological polar surface area (TPSA) is 88.8 Å². The first-order chi connectivity index (χ1) is 5.93. The molecule has 0 bridgehead atoms. The van der Waals surface area contributed by atoms with Crippen molar-refractivity contribution >= 4 is 22.9 Å². The van der Waals surface area contributed by atoms with Gasteiger partial charge in [-0.15, -0.1) is 0 Å². The van der Waals surface area contributed by atoms with Gasteiger partial charge in [0.05, 0.1) is 6.67 Å². The van der Waals surface area contributed by atoms with Crippen LogP contribution in [0.4, 0.5) is 11.6 Å². The molecular weight excluding hydrogens is 160 g/mol. The van der Waals surface area contributed by atoms with E-state index in [4.69, 9.17) is 0 Å². The van der Waals surface area contributed by atoms with Gasteiger partial charge < -0.3 is 10.6 Å². The molecule has 2 N–H and O–H groups in total. The minimum Gasteiger partial charge on any atom is -0.350 e. The van der Waals surface area contributed by atoms with Crippen LogP contribution in [0.5, 0.6) is 0 Å². The normalized spacial score (nSPS) is 14.0. The summed E-state index contributed by atoms with van der Waals surface area (Å²) in [7, 11) is 0. The molecule has 0 saturated carbocycles. The van der Waals surface area contributed by atoms with Crippen LogP contribution in [0.25, 0.3) is 11.3 Å². The lowest BCUT2D eigenvalue weighted by atomic mass is 10.6. The molecule has 0 aromatic carbocycles. The second-order valence-electron chi connectivity index (χ2n) is 2.36. The molecule has 7 heteroatoms. The van der Waals surface area contributed by atoms with Gasteiger partial charge in [0.2, 0.25) is 11.3 Å². The van der Waals surface area contributed by atoms with Crippen LogP contribution >= 0.6 is 0 Å². The monoisotopic (exact) mass is 164 g/mol. The molecule has 0 amide bonds. The molecule has 0 spiro atoms. The van der Waals surface area contributed by atoms with E-state index in [9.17, 15) is 0 Å². The van der Waals surface area contributed by atoms with E-state index < -0.39 is 0 Å². The van der Waals surface area contributed by atoms with Crippen molar-refractivity contribution < 1.29 is 4.63 Å². The standard InChI is InChI=1S/C5H4N6O/c1-6-2-3(7-1)9-5-4(8-2)10-12-11-5/h1H2,(H,6,8,10)(H,7,9,11). The van der Waals surface area contributed by atoms with E-state index in [-0.39, 0.29) is 0 Å². The van der Waals surface area contributed by atoms with Crippen molar-refractivity contribution in [3.8, 4) is 0 Å². The lowest BCUT2D eigenvalue weighted by molar-refractivity contribution is 0.314. The Labute approximate surface area is 66.1 Å². The predicted molar refractivity (Wildman–Crippen MR) is 39.5 cm³/mol. The Morgan fingerprint density at radius 2 is 1.58 bits per heavy atom. The van der Waals surface area contributed by atoms with E-state index in [1.807, 2.05) is 0 Å². The van der Waals surface area contributed by atoms with Crippen molar-refractivity contribution in [3.63, 3.8) is 0 Å². The number of hydrogen-bond acceptors (Lipinski definition) is 7. The predicted octanol–water partition coefficient (Wildman–Crippen LogP) is -0.192. The Hall–Kier alpha value is -1.92. The molecule has 0 atom stereocenters. The first-order valence-corrected chi connectivity index (χ1v) is 3.41. The molecule has 0 radical (unpaired) electrons. The fourth-order valence-electron chi connectivity index (χ4n) is 1.10. The Kier molecular flexibility index (Phi) is 0.861. The molecule has 0 aliphatic carbocycles. The van der Waals surface area contributed by atoms with Gasteiger partial charge in [0.15, 0.2) is 11.6 Å². The summed E-state index contributed by atoms with van der Waals surface area (Å²) in [5, 5.41) is 13.1. The zero-order chi connectivity index (χ0) is 7.97. The highest BCUT2D eigenvalue weighted by atomic mass is 16.6. The molecule has 3 heterocycles. The smallest absolute Gasteiger partial charge is 0.245 e. The van der Waals surface area contributed by atoms with Gasteiger partial charge in [0, 0.05) is 0 Å². The number of nitrogens with zero attached hydrogens (tertiary/aromatic N) is 4. The fourth-order valence-corrected chi connectivity index (χ4v) is 1.10. The molecule has 2 aromatic heterocycles. The summed E-state index contributed by atoms with van der Waals surface area (Å²) in [6.45, 7) is 0.638. The second-order valence-corrected chi connectivity index (χ2v) is 2.36. The van der Waals surface area contributed by atoms with Crippen molar-refractivity contribution in [1.29, 1.82) is 0 Å². The molecular formula is C5H4N6O. The summed E-state index contributed by atoms with van der Waals surface area (Å²) in [6.07, 6.45) is 0. The molecule has 3 rings (SSSR count). The third kappa shape index (κ3) is 0.595. The maximum Gasteiger partial charge on any atom is 0.245 e. The van der Waals surface area contributed by atoms with Crippen LogP contribution in [-0.2, 0) is 0 Å². The SMILES string of the molecule is C1Nc2nc3nonc3nc2N1. The lowest BCUT2D eigenvalue weighted by Crippen LogP contribution is -1.99. The second kappa shape index (κ2) is 1.81. The highest BCUT2D eigenvalue weighted by Crippen LogP contribution is 2.22. The van der Waals surface area contributed by atoms with Crippen molar-refractivity contribution in [2.24, 2.45) is 0 Å². The van der Waals surface area contributed by atoms with Crippen molar-refractivity contribution in [1.82, 2.24) is 20.3 Å². The average Bonchev–Trinajstić information content (AvgIpc) is 2.64. The van der Waals surface area contributed by atoms with Gasteiger partial charge in [0.1, 0.15) is 0 Å². The van der Waals surface area contributed by atoms with Crippen LogP contribution in [0.3, 0.4) is 0 Å². The summed E-state index contributed by atoms with van der Waals surface area (Å²) in [5.41, 5.74) is 0.843. The van der Waals surface area contributed by atoms with Gasteiger partial charge in [0.25, 0.3) is 0 Å². The zero-order valence-electron chi connectivity index (χ0n) is 5.90. The Morgan fingerprint density at radius 3 is 2.17 bits per heavy atom. The Bertz CT molecular complexity index is 398. The van der Waals surface area contributed by atoms with Gasteiger partial charge in [-0.2, -0.15) is 0 Å².